The molecule has 6 heteroatoms. The first kappa shape index (κ1) is 13.5. The van der Waals surface area contributed by atoms with Crippen molar-refractivity contribution in [2.75, 3.05) is 6.54 Å². The van der Waals surface area contributed by atoms with Crippen molar-refractivity contribution < 1.29 is 23.8 Å². The summed E-state index contributed by atoms with van der Waals surface area (Å²) in [6, 6.07) is 0. The normalized spacial score (nSPS) is 15.0. The summed E-state index contributed by atoms with van der Waals surface area (Å²) in [7, 11) is 0. The van der Waals surface area contributed by atoms with Gasteiger partial charge in [0.25, 0.3) is 0 Å². The molecule has 0 saturated carbocycles. The number of nitrogens with zero attached hydrogens (tertiary/aromatic N) is 1. The molecule has 0 fully saturated rings. The summed E-state index contributed by atoms with van der Waals surface area (Å²) < 4.78 is 10.5. The Bertz CT molecular complexity index is 512. The van der Waals surface area contributed by atoms with Gasteiger partial charge in [-0.25, -0.2) is 9.59 Å². The second-order valence-corrected chi connectivity index (χ2v) is 5.51. The van der Waals surface area contributed by atoms with Gasteiger partial charge in [-0.1, -0.05) is 0 Å². The van der Waals surface area contributed by atoms with E-state index in [1.165, 1.54) is 11.2 Å². The second-order valence-electron chi connectivity index (χ2n) is 5.51. The van der Waals surface area contributed by atoms with Crippen LogP contribution in [0.1, 0.15) is 42.5 Å². The van der Waals surface area contributed by atoms with Gasteiger partial charge in [0.05, 0.1) is 6.54 Å². The Hall–Kier alpha value is -1.98. The van der Waals surface area contributed by atoms with E-state index in [1.807, 2.05) is 0 Å². The van der Waals surface area contributed by atoms with Crippen LogP contribution in [0, 0.1) is 0 Å². The SMILES string of the molecule is CC(C)(C)OC(=O)N1CCc2occ(C(=O)O)c2C1. The van der Waals surface area contributed by atoms with Gasteiger partial charge < -0.3 is 19.2 Å². The smallest absolute Gasteiger partial charge is 0.410 e. The van der Waals surface area contributed by atoms with Gasteiger partial charge in [-0.15, -0.1) is 0 Å². The van der Waals surface area contributed by atoms with E-state index >= 15 is 0 Å². The Morgan fingerprint density at radius 3 is 2.68 bits per heavy atom. The van der Waals surface area contributed by atoms with Crippen LogP contribution in [-0.2, 0) is 17.7 Å². The molecule has 1 N–H and O–H groups in total. The largest absolute Gasteiger partial charge is 0.478 e. The number of furan rings is 1. The molecule has 0 aliphatic carbocycles. The lowest BCUT2D eigenvalue weighted by Crippen LogP contribution is -2.39. The van der Waals surface area contributed by atoms with Gasteiger partial charge in [-0.2, -0.15) is 0 Å². The summed E-state index contributed by atoms with van der Waals surface area (Å²) in [5, 5.41) is 9.05. The highest BCUT2D eigenvalue weighted by molar-refractivity contribution is 5.89. The lowest BCUT2D eigenvalue weighted by molar-refractivity contribution is 0.0217. The van der Waals surface area contributed by atoms with Crippen molar-refractivity contribution >= 4 is 12.1 Å². The average Bonchev–Trinajstić information content (AvgIpc) is 2.68. The minimum Gasteiger partial charge on any atom is -0.478 e. The van der Waals surface area contributed by atoms with Crippen LogP contribution >= 0.6 is 0 Å². The highest BCUT2D eigenvalue weighted by atomic mass is 16.6. The van der Waals surface area contributed by atoms with E-state index in [4.69, 9.17) is 14.3 Å². The summed E-state index contributed by atoms with van der Waals surface area (Å²) in [4.78, 5) is 24.5. The Kier molecular flexibility index (Phi) is 3.26. The molecule has 0 unspecified atom stereocenters. The molecule has 0 atom stereocenters. The predicted molar refractivity (Wildman–Crippen MR) is 66.0 cm³/mol. The fourth-order valence-electron chi connectivity index (χ4n) is 1.97. The lowest BCUT2D eigenvalue weighted by atomic mass is 10.0. The van der Waals surface area contributed by atoms with Crippen LogP contribution in [0.3, 0.4) is 0 Å². The van der Waals surface area contributed by atoms with Gasteiger partial charge >= 0.3 is 12.1 Å². The Morgan fingerprint density at radius 2 is 2.11 bits per heavy atom. The maximum atomic E-state index is 12.0. The first-order valence-corrected chi connectivity index (χ1v) is 6.08. The van der Waals surface area contributed by atoms with Crippen LogP contribution in [0.2, 0.25) is 0 Å². The van der Waals surface area contributed by atoms with Gasteiger partial charge in [0.1, 0.15) is 23.2 Å². The number of ether oxygens (including phenoxy) is 1. The number of carboxylic acid groups (broad SMARTS) is 1. The van der Waals surface area contributed by atoms with E-state index in [2.05, 4.69) is 0 Å². The molecule has 1 aliphatic rings. The number of carboxylic acids is 1. The molecule has 6 nitrogen and oxygen atoms in total. The number of hydrogen-bond acceptors (Lipinski definition) is 4. The van der Waals surface area contributed by atoms with E-state index in [1.54, 1.807) is 20.8 Å². The fraction of sp³-hybridized carbons (Fsp3) is 0.538. The van der Waals surface area contributed by atoms with Crippen molar-refractivity contribution in [2.45, 2.75) is 39.3 Å². The Morgan fingerprint density at radius 1 is 1.42 bits per heavy atom. The molecule has 0 radical (unpaired) electrons. The molecule has 0 bridgehead atoms. The van der Waals surface area contributed by atoms with Crippen LogP contribution in [0.25, 0.3) is 0 Å². The van der Waals surface area contributed by atoms with Gasteiger partial charge in [-0.3, -0.25) is 0 Å². The third kappa shape index (κ3) is 2.89. The zero-order valence-corrected chi connectivity index (χ0v) is 11.2. The lowest BCUT2D eigenvalue weighted by Gasteiger charge is -2.29. The van der Waals surface area contributed by atoms with Crippen molar-refractivity contribution in [1.82, 2.24) is 4.90 Å². The molecule has 1 amide bonds. The number of aromatic carboxylic acids is 1. The summed E-state index contributed by atoms with van der Waals surface area (Å²) in [5.41, 5.74) is 0.108. The molecular formula is C13H17NO5. The van der Waals surface area contributed by atoms with Gasteiger partial charge in [0, 0.05) is 18.5 Å². The molecule has 1 aliphatic heterocycles. The van der Waals surface area contributed by atoms with Gasteiger partial charge in [0.2, 0.25) is 0 Å². The Balaban J connectivity index is 2.15. The van der Waals surface area contributed by atoms with Gasteiger partial charge in [0.15, 0.2) is 0 Å². The number of carbonyl (C=O) groups excluding carboxylic acids is 1. The molecule has 2 rings (SSSR count). The maximum absolute atomic E-state index is 12.0. The third-order valence-electron chi connectivity index (χ3n) is 2.82. The molecular weight excluding hydrogens is 250 g/mol. The number of hydrogen-bond donors (Lipinski definition) is 1. The van der Waals surface area contributed by atoms with E-state index in [0.717, 1.165) is 0 Å². The average molecular weight is 267 g/mol. The molecule has 19 heavy (non-hydrogen) atoms. The standard InChI is InChI=1S/C13H17NO5/c1-13(2,3)19-12(17)14-5-4-10-8(6-14)9(7-18-10)11(15)16/h7H,4-6H2,1-3H3,(H,15,16). The molecule has 0 saturated heterocycles. The summed E-state index contributed by atoms with van der Waals surface area (Å²) >= 11 is 0. The first-order valence-electron chi connectivity index (χ1n) is 6.08. The third-order valence-corrected chi connectivity index (χ3v) is 2.82. The van der Waals surface area contributed by atoms with Crippen molar-refractivity contribution in [3.05, 3.63) is 23.2 Å². The number of rotatable bonds is 1. The number of fused-ring (bicyclic) bond motifs is 1. The first-order chi connectivity index (χ1) is 8.78. The maximum Gasteiger partial charge on any atom is 0.410 e. The van der Waals surface area contributed by atoms with Gasteiger partial charge in [-0.05, 0) is 20.8 Å². The van der Waals surface area contributed by atoms with Crippen LogP contribution in [-0.4, -0.2) is 34.2 Å². The highest BCUT2D eigenvalue weighted by Gasteiger charge is 2.30. The molecule has 1 aromatic rings. The highest BCUT2D eigenvalue weighted by Crippen LogP contribution is 2.25. The molecule has 0 aromatic carbocycles. The zero-order valence-electron chi connectivity index (χ0n) is 11.2. The van der Waals surface area contributed by atoms with E-state index in [9.17, 15) is 9.59 Å². The topological polar surface area (TPSA) is 80.0 Å². The van der Waals surface area contributed by atoms with Crippen LogP contribution in [0.5, 0.6) is 0 Å². The Labute approximate surface area is 110 Å². The number of amides is 1. The number of carbonyl (C=O) groups is 2. The quantitative estimate of drug-likeness (QED) is 0.844. The van der Waals surface area contributed by atoms with E-state index in [0.29, 0.717) is 24.3 Å². The molecule has 0 spiro atoms. The van der Waals surface area contributed by atoms with Crippen molar-refractivity contribution in [3.8, 4) is 0 Å². The zero-order chi connectivity index (χ0) is 14.2. The molecule has 1 aromatic heterocycles. The van der Waals surface area contributed by atoms with E-state index in [-0.39, 0.29) is 12.1 Å². The molecule has 104 valence electrons. The minimum atomic E-state index is -1.05. The monoisotopic (exact) mass is 267 g/mol. The fourth-order valence-corrected chi connectivity index (χ4v) is 1.97. The summed E-state index contributed by atoms with van der Waals surface area (Å²) in [6.07, 6.45) is 1.30. The van der Waals surface area contributed by atoms with Crippen molar-refractivity contribution in [2.24, 2.45) is 0 Å². The van der Waals surface area contributed by atoms with Crippen molar-refractivity contribution in [3.63, 3.8) is 0 Å². The minimum absolute atomic E-state index is 0.114. The second kappa shape index (κ2) is 4.60. The van der Waals surface area contributed by atoms with Crippen molar-refractivity contribution in [1.29, 1.82) is 0 Å². The van der Waals surface area contributed by atoms with Crippen LogP contribution < -0.4 is 0 Å². The van der Waals surface area contributed by atoms with E-state index < -0.39 is 17.7 Å². The van der Waals surface area contributed by atoms with Crippen LogP contribution in [0.15, 0.2) is 10.7 Å². The van der Waals surface area contributed by atoms with Crippen LogP contribution in [0.4, 0.5) is 4.79 Å². The predicted octanol–water partition coefficient (Wildman–Crippen LogP) is 2.27. The molecule has 2 heterocycles. The summed E-state index contributed by atoms with van der Waals surface area (Å²) in [6.45, 7) is 6.05. The summed E-state index contributed by atoms with van der Waals surface area (Å²) in [5.74, 6) is -0.409.